The second-order valence-corrected chi connectivity index (χ2v) is 4.16. The van der Waals surface area contributed by atoms with Gasteiger partial charge in [-0.2, -0.15) is 0 Å². The molecule has 0 radical (unpaired) electrons. The molecule has 0 aromatic heterocycles. The fraction of sp³-hybridized carbons (Fsp3) is 0.714. The molecular weight excluding hydrogens is 216 g/mol. The molecule has 0 aromatic rings. The monoisotopic (exact) mass is 242 g/mol. The number of aliphatic hydroxyl groups is 2. The quantitative estimate of drug-likeness (QED) is 0.517. The number of rotatable bonds is 12. The van der Waals surface area contributed by atoms with Gasteiger partial charge in [0, 0.05) is 13.2 Å². The first kappa shape index (κ1) is 16.4. The van der Waals surface area contributed by atoms with Gasteiger partial charge in [-0.3, -0.25) is 0 Å². The van der Waals surface area contributed by atoms with Gasteiger partial charge in [0.25, 0.3) is 0 Å². The van der Waals surface area contributed by atoms with E-state index in [-0.39, 0.29) is 25.4 Å². The minimum atomic E-state index is 0.114. The van der Waals surface area contributed by atoms with Gasteiger partial charge in [-0.25, -0.2) is 0 Å². The molecule has 0 aliphatic carbocycles. The molecule has 2 unspecified atom stereocenters. The van der Waals surface area contributed by atoms with Crippen LogP contribution in [0.4, 0.5) is 0 Å². The molecule has 0 heterocycles. The van der Waals surface area contributed by atoms with Crippen LogP contribution in [0.2, 0.25) is 0 Å². The van der Waals surface area contributed by atoms with Crippen LogP contribution in [0.3, 0.4) is 0 Å². The molecule has 0 rings (SSSR count). The van der Waals surface area contributed by atoms with Crippen LogP contribution < -0.4 is 0 Å². The average molecular weight is 242 g/mol. The largest absolute Gasteiger partial charge is 0.396 e. The van der Waals surface area contributed by atoms with E-state index < -0.39 is 0 Å². The Hall–Kier alpha value is -0.640. The number of hydrogen-bond acceptors (Lipinski definition) is 3. The summed E-state index contributed by atoms with van der Waals surface area (Å²) in [5.74, 6) is 0. The van der Waals surface area contributed by atoms with Crippen LogP contribution in [0.1, 0.15) is 38.5 Å². The summed E-state index contributed by atoms with van der Waals surface area (Å²) in [6, 6.07) is 0. The molecule has 0 aliphatic heterocycles. The summed E-state index contributed by atoms with van der Waals surface area (Å²) in [5.41, 5.74) is 0. The molecule has 3 heteroatoms. The van der Waals surface area contributed by atoms with Crippen molar-refractivity contribution < 1.29 is 14.9 Å². The van der Waals surface area contributed by atoms with Crippen molar-refractivity contribution in [2.24, 2.45) is 0 Å². The maximum Gasteiger partial charge on any atom is 0.0614 e. The van der Waals surface area contributed by atoms with E-state index in [4.69, 9.17) is 14.9 Å². The van der Waals surface area contributed by atoms with Crippen molar-refractivity contribution in [1.29, 1.82) is 0 Å². The molecule has 0 aliphatic rings. The summed E-state index contributed by atoms with van der Waals surface area (Å²) in [7, 11) is 0. The zero-order valence-corrected chi connectivity index (χ0v) is 10.7. The molecule has 3 nitrogen and oxygen atoms in total. The Kier molecular flexibility index (Phi) is 11.4. The Balaban J connectivity index is 4.11. The lowest BCUT2D eigenvalue weighted by Gasteiger charge is -2.23. The van der Waals surface area contributed by atoms with Crippen LogP contribution in [0.25, 0.3) is 0 Å². The minimum absolute atomic E-state index is 0.114. The molecule has 2 atom stereocenters. The van der Waals surface area contributed by atoms with E-state index >= 15 is 0 Å². The third-order valence-electron chi connectivity index (χ3n) is 2.61. The van der Waals surface area contributed by atoms with E-state index in [1.165, 1.54) is 0 Å². The summed E-state index contributed by atoms with van der Waals surface area (Å²) < 4.78 is 5.97. The number of aliphatic hydroxyl groups excluding tert-OH is 2. The van der Waals surface area contributed by atoms with E-state index in [2.05, 4.69) is 13.2 Å². The molecule has 0 saturated carbocycles. The summed E-state index contributed by atoms with van der Waals surface area (Å²) in [5, 5.41) is 17.7. The highest BCUT2D eigenvalue weighted by molar-refractivity contribution is 4.78. The lowest BCUT2D eigenvalue weighted by Crippen LogP contribution is -2.22. The smallest absolute Gasteiger partial charge is 0.0614 e. The van der Waals surface area contributed by atoms with Gasteiger partial charge in [-0.1, -0.05) is 12.2 Å². The second kappa shape index (κ2) is 11.8. The molecular formula is C14H26O3. The predicted octanol–water partition coefficient (Wildman–Crippen LogP) is 2.44. The summed E-state index contributed by atoms with van der Waals surface area (Å²) in [6.45, 7) is 7.83. The average Bonchev–Trinajstić information content (AvgIpc) is 2.33. The van der Waals surface area contributed by atoms with Crippen molar-refractivity contribution in [2.45, 2.75) is 50.7 Å². The van der Waals surface area contributed by atoms with Gasteiger partial charge >= 0.3 is 0 Å². The van der Waals surface area contributed by atoms with Crippen LogP contribution in [0.15, 0.2) is 25.3 Å². The molecule has 0 fully saturated rings. The molecule has 0 saturated heterocycles. The van der Waals surface area contributed by atoms with Gasteiger partial charge in [0.05, 0.1) is 12.2 Å². The zero-order valence-electron chi connectivity index (χ0n) is 10.7. The van der Waals surface area contributed by atoms with E-state index in [0.29, 0.717) is 0 Å². The fourth-order valence-electron chi connectivity index (χ4n) is 1.76. The van der Waals surface area contributed by atoms with Crippen LogP contribution in [0, 0.1) is 0 Å². The van der Waals surface area contributed by atoms with Crippen molar-refractivity contribution in [2.75, 3.05) is 13.2 Å². The zero-order chi connectivity index (χ0) is 12.9. The van der Waals surface area contributed by atoms with Gasteiger partial charge in [-0.05, 0) is 38.5 Å². The van der Waals surface area contributed by atoms with Gasteiger partial charge in [-0.15, -0.1) is 13.2 Å². The van der Waals surface area contributed by atoms with E-state index in [9.17, 15) is 0 Å². The predicted molar refractivity (Wildman–Crippen MR) is 70.9 cm³/mol. The van der Waals surface area contributed by atoms with Crippen molar-refractivity contribution in [1.82, 2.24) is 0 Å². The summed E-state index contributed by atoms with van der Waals surface area (Å²) in [4.78, 5) is 0. The van der Waals surface area contributed by atoms with Gasteiger partial charge in [0.1, 0.15) is 0 Å². The first-order valence-corrected chi connectivity index (χ1v) is 6.37. The van der Waals surface area contributed by atoms with Gasteiger partial charge < -0.3 is 14.9 Å². The van der Waals surface area contributed by atoms with Crippen molar-refractivity contribution in [3.05, 3.63) is 25.3 Å². The third kappa shape index (κ3) is 9.10. The normalized spacial score (nSPS) is 14.2. The number of hydrogen-bond donors (Lipinski definition) is 2. The van der Waals surface area contributed by atoms with Crippen molar-refractivity contribution in [3.8, 4) is 0 Å². The van der Waals surface area contributed by atoms with Gasteiger partial charge in [0.2, 0.25) is 0 Å². The Morgan fingerprint density at radius 2 is 1.29 bits per heavy atom. The molecule has 17 heavy (non-hydrogen) atoms. The SMILES string of the molecule is C=CCC(CCCO)OC(CC=C)CCCO. The molecule has 0 amide bonds. The Bertz CT molecular complexity index is 172. The highest BCUT2D eigenvalue weighted by atomic mass is 16.5. The summed E-state index contributed by atoms with van der Waals surface area (Å²) >= 11 is 0. The van der Waals surface area contributed by atoms with Crippen LogP contribution >= 0.6 is 0 Å². The lowest BCUT2D eigenvalue weighted by molar-refractivity contribution is -0.0218. The first-order chi connectivity index (χ1) is 8.28. The van der Waals surface area contributed by atoms with E-state index in [1.807, 2.05) is 12.2 Å². The van der Waals surface area contributed by atoms with Crippen molar-refractivity contribution >= 4 is 0 Å². The highest BCUT2D eigenvalue weighted by Gasteiger charge is 2.14. The summed E-state index contributed by atoms with van der Waals surface area (Å²) in [6.07, 6.45) is 8.70. The minimum Gasteiger partial charge on any atom is -0.396 e. The standard InChI is InChI=1S/C14H26O3/c1-3-7-13(9-5-11-15)17-14(8-4-2)10-6-12-16/h3-4,13-16H,1-2,5-12H2. The Morgan fingerprint density at radius 3 is 1.59 bits per heavy atom. The van der Waals surface area contributed by atoms with E-state index in [1.54, 1.807) is 0 Å². The van der Waals surface area contributed by atoms with Crippen molar-refractivity contribution in [3.63, 3.8) is 0 Å². The lowest BCUT2D eigenvalue weighted by atomic mass is 10.1. The molecule has 2 N–H and O–H groups in total. The maximum atomic E-state index is 8.83. The maximum absolute atomic E-state index is 8.83. The number of ether oxygens (including phenoxy) is 1. The molecule has 0 bridgehead atoms. The molecule has 0 spiro atoms. The highest BCUT2D eigenvalue weighted by Crippen LogP contribution is 2.16. The van der Waals surface area contributed by atoms with Crippen LogP contribution in [0.5, 0.6) is 0 Å². The van der Waals surface area contributed by atoms with Crippen LogP contribution in [-0.2, 0) is 4.74 Å². The second-order valence-electron chi connectivity index (χ2n) is 4.16. The first-order valence-electron chi connectivity index (χ1n) is 6.37. The van der Waals surface area contributed by atoms with Crippen LogP contribution in [-0.4, -0.2) is 35.6 Å². The Labute approximate surface area is 105 Å². The van der Waals surface area contributed by atoms with E-state index in [0.717, 1.165) is 38.5 Å². The topological polar surface area (TPSA) is 49.7 Å². The molecule has 100 valence electrons. The Morgan fingerprint density at radius 1 is 0.882 bits per heavy atom. The van der Waals surface area contributed by atoms with Gasteiger partial charge in [0.15, 0.2) is 0 Å². The fourth-order valence-corrected chi connectivity index (χ4v) is 1.76. The third-order valence-corrected chi connectivity index (χ3v) is 2.61. The molecule has 0 aromatic carbocycles.